The van der Waals surface area contributed by atoms with Gasteiger partial charge in [-0.15, -0.1) is 0 Å². The van der Waals surface area contributed by atoms with E-state index in [9.17, 15) is 5.48 Å². The Morgan fingerprint density at radius 1 is 0.400 bits per heavy atom. The minimum absolute atomic E-state index is 0.00858. The Morgan fingerprint density at radius 2 is 1.02 bits per heavy atom. The molecule has 0 amide bonds. The number of benzene rings is 8. The molecule has 0 bridgehead atoms. The fraction of sp³-hybridized carbons (Fsp3) is 0. The Balaban J connectivity index is 1.60. The van der Waals surface area contributed by atoms with Crippen molar-refractivity contribution in [3.05, 3.63) is 170 Å². The van der Waals surface area contributed by atoms with Crippen LogP contribution in [-0.2, 0) is 0 Å². The van der Waals surface area contributed by atoms with E-state index in [0.717, 1.165) is 21.9 Å². The highest BCUT2D eigenvalue weighted by Gasteiger charge is 2.25. The average molecular weight is 586 g/mol. The molecule has 45 heavy (non-hydrogen) atoms. The van der Waals surface area contributed by atoms with Crippen molar-refractivity contribution in [1.29, 1.82) is 0 Å². The molecule has 1 nitrogen and oxygen atoms in total. The summed E-state index contributed by atoms with van der Waals surface area (Å²) in [5.41, 5.74) is 2.18. The topological polar surface area (TPSA) is 13.1 Å². The molecular formula is C44H28O. The lowest BCUT2D eigenvalue weighted by molar-refractivity contribution is 0.633. The zero-order chi connectivity index (χ0) is 41.1. The maximum atomic E-state index is 9.50. The molecule has 8 aromatic carbocycles. The Bertz CT molecular complexity index is 3150. The summed E-state index contributed by atoms with van der Waals surface area (Å²) in [5.74, 6) is 0.259. The minimum atomic E-state index is -0.726. The highest BCUT2D eigenvalue weighted by molar-refractivity contribution is 6.25. The Hall–Kier alpha value is -5.92. The molecular weight excluding hydrogens is 544 g/mol. The third kappa shape index (κ3) is 4.09. The van der Waals surface area contributed by atoms with E-state index in [0.29, 0.717) is 16.5 Å². The minimum Gasteiger partial charge on any atom is -0.455 e. The van der Waals surface area contributed by atoms with Gasteiger partial charge < -0.3 is 4.42 Å². The zero-order valence-electron chi connectivity index (χ0n) is 36.6. The molecule has 0 aliphatic carbocycles. The van der Waals surface area contributed by atoms with Gasteiger partial charge in [0.1, 0.15) is 11.3 Å². The van der Waals surface area contributed by atoms with E-state index in [1.807, 2.05) is 91.0 Å². The van der Waals surface area contributed by atoms with E-state index >= 15 is 0 Å². The smallest absolute Gasteiger partial charge is 0.143 e. The summed E-state index contributed by atoms with van der Waals surface area (Å²) in [6.07, 6.45) is 0. The van der Waals surface area contributed by atoms with Gasteiger partial charge in [-0.3, -0.25) is 0 Å². The first kappa shape index (κ1) is 15.7. The first-order valence-electron chi connectivity index (χ1n) is 20.9. The first-order valence-corrected chi connectivity index (χ1v) is 14.4. The van der Waals surface area contributed by atoms with Crippen LogP contribution in [0.3, 0.4) is 0 Å². The third-order valence-electron chi connectivity index (χ3n) is 8.21. The molecule has 0 aliphatic heterocycles. The average Bonchev–Trinajstić information content (AvgIpc) is 3.62. The van der Waals surface area contributed by atoms with E-state index in [1.54, 1.807) is 0 Å². The molecule has 0 aliphatic rings. The summed E-state index contributed by atoms with van der Waals surface area (Å²) in [5, 5.41) is 1.20. The second kappa shape index (κ2) is 10.4. The molecule has 210 valence electrons. The van der Waals surface area contributed by atoms with Crippen molar-refractivity contribution in [2.24, 2.45) is 0 Å². The van der Waals surface area contributed by atoms with Crippen molar-refractivity contribution in [3.63, 3.8) is 0 Å². The SMILES string of the molecule is [2H]c1c([2H])c([2H])c(-c2c3c([2H])c([2H])c([2H])c([2H])c3c(-c3c(-c4cccc5ccccc45)oc4cc(-c5ccccc5)ccc34)c3c([2H])c([2H])c([2H])c([2H])c23)c([2H])c1[2H]. The van der Waals surface area contributed by atoms with Crippen LogP contribution in [0, 0.1) is 0 Å². The summed E-state index contributed by atoms with van der Waals surface area (Å²) in [4.78, 5) is 0. The van der Waals surface area contributed by atoms with E-state index in [4.69, 9.17) is 16.8 Å². The van der Waals surface area contributed by atoms with Gasteiger partial charge >= 0.3 is 0 Å². The number of rotatable bonds is 4. The monoisotopic (exact) mass is 585 g/mol. The highest BCUT2D eigenvalue weighted by Crippen LogP contribution is 2.50. The molecule has 1 heterocycles. The van der Waals surface area contributed by atoms with Crippen molar-refractivity contribution >= 4 is 43.3 Å². The molecule has 0 atom stereocenters. The first-order chi connectivity index (χ1) is 27.7. The van der Waals surface area contributed by atoms with Crippen LogP contribution in [0.1, 0.15) is 17.8 Å². The normalized spacial score (nSPS) is 15.6. The van der Waals surface area contributed by atoms with Gasteiger partial charge in [0.15, 0.2) is 0 Å². The molecule has 9 aromatic rings. The van der Waals surface area contributed by atoms with Gasteiger partial charge in [-0.1, -0.05) is 157 Å². The van der Waals surface area contributed by atoms with Crippen LogP contribution in [0.15, 0.2) is 174 Å². The fourth-order valence-corrected chi connectivity index (χ4v) is 6.27. The maximum absolute atomic E-state index is 9.50. The summed E-state index contributed by atoms with van der Waals surface area (Å²) in [6, 6.07) is 19.8. The summed E-state index contributed by atoms with van der Waals surface area (Å²) in [7, 11) is 0. The van der Waals surface area contributed by atoms with Crippen molar-refractivity contribution in [1.82, 2.24) is 0 Å². The molecule has 0 N–H and O–H groups in total. The van der Waals surface area contributed by atoms with Crippen molar-refractivity contribution in [2.75, 3.05) is 0 Å². The lowest BCUT2D eigenvalue weighted by Gasteiger charge is -2.18. The molecule has 0 saturated heterocycles. The molecule has 1 heteroatoms. The van der Waals surface area contributed by atoms with E-state index in [2.05, 4.69) is 0 Å². The van der Waals surface area contributed by atoms with Crippen LogP contribution in [0.2, 0.25) is 0 Å². The Morgan fingerprint density at radius 3 is 1.76 bits per heavy atom. The molecule has 0 unspecified atom stereocenters. The van der Waals surface area contributed by atoms with E-state index < -0.39 is 84.1 Å². The molecule has 9 rings (SSSR count). The fourth-order valence-electron chi connectivity index (χ4n) is 6.27. The maximum Gasteiger partial charge on any atom is 0.143 e. The standard InChI is InChI=1S/C44H28O/c1-3-14-29(15-4-1)32-26-27-39-40(28-32)45-44(38-25-13-19-30-16-7-8-20-33(30)38)43(39)42-36-23-11-9-21-34(36)41(31-17-5-2-6-18-31)35-22-10-12-24-37(35)42/h1-28H/i2D,5D,6D,9D,10D,11D,12D,17D,18D,21D,22D,23D,24D. The number of hydrogen-bond donors (Lipinski definition) is 0. The van der Waals surface area contributed by atoms with Gasteiger partial charge in [0.25, 0.3) is 0 Å². The lowest BCUT2D eigenvalue weighted by atomic mass is 9.84. The number of furan rings is 1. The van der Waals surface area contributed by atoms with Crippen LogP contribution in [0.4, 0.5) is 0 Å². The van der Waals surface area contributed by atoms with Gasteiger partial charge in [0.2, 0.25) is 0 Å². The Labute approximate surface area is 279 Å². The van der Waals surface area contributed by atoms with Crippen LogP contribution < -0.4 is 0 Å². The molecule has 0 saturated carbocycles. The van der Waals surface area contributed by atoms with Crippen molar-refractivity contribution in [3.8, 4) is 44.7 Å². The third-order valence-corrected chi connectivity index (χ3v) is 8.21. The summed E-state index contributed by atoms with van der Waals surface area (Å²) >= 11 is 0. The number of fused-ring (bicyclic) bond motifs is 4. The van der Waals surface area contributed by atoms with E-state index in [-0.39, 0.29) is 44.0 Å². The highest BCUT2D eigenvalue weighted by atomic mass is 16.3. The second-order valence-electron chi connectivity index (χ2n) is 10.7. The molecule has 1 aromatic heterocycles. The van der Waals surface area contributed by atoms with Gasteiger partial charge in [0, 0.05) is 22.1 Å². The van der Waals surface area contributed by atoms with Gasteiger partial charge in [-0.25, -0.2) is 0 Å². The van der Waals surface area contributed by atoms with Crippen LogP contribution in [-0.4, -0.2) is 0 Å². The van der Waals surface area contributed by atoms with E-state index in [1.165, 1.54) is 0 Å². The largest absolute Gasteiger partial charge is 0.455 e. The quantitative estimate of drug-likeness (QED) is 0.187. The lowest BCUT2D eigenvalue weighted by Crippen LogP contribution is -1.91. The molecule has 0 fully saturated rings. The van der Waals surface area contributed by atoms with Gasteiger partial charge in [0.05, 0.1) is 17.8 Å². The predicted molar refractivity (Wildman–Crippen MR) is 190 cm³/mol. The van der Waals surface area contributed by atoms with Crippen LogP contribution in [0.25, 0.3) is 88.0 Å². The number of hydrogen-bond acceptors (Lipinski definition) is 1. The Kier molecular flexibility index (Phi) is 3.62. The van der Waals surface area contributed by atoms with Crippen LogP contribution in [0.5, 0.6) is 0 Å². The summed E-state index contributed by atoms with van der Waals surface area (Å²) < 4.78 is 123. The van der Waals surface area contributed by atoms with Gasteiger partial charge in [-0.2, -0.15) is 0 Å². The predicted octanol–water partition coefficient (Wildman–Crippen LogP) is 12.6. The van der Waals surface area contributed by atoms with Crippen molar-refractivity contribution in [2.45, 2.75) is 0 Å². The van der Waals surface area contributed by atoms with Crippen molar-refractivity contribution < 1.29 is 22.2 Å². The molecule has 0 spiro atoms. The zero-order valence-corrected chi connectivity index (χ0v) is 23.6. The van der Waals surface area contributed by atoms with Gasteiger partial charge in [-0.05, 0) is 66.7 Å². The van der Waals surface area contributed by atoms with Crippen LogP contribution >= 0.6 is 0 Å². The summed E-state index contributed by atoms with van der Waals surface area (Å²) in [6.45, 7) is 0. The second-order valence-corrected chi connectivity index (χ2v) is 10.7. The molecule has 0 radical (unpaired) electrons.